The van der Waals surface area contributed by atoms with Gasteiger partial charge in [-0.25, -0.2) is 4.79 Å². The topological polar surface area (TPSA) is 115 Å². The van der Waals surface area contributed by atoms with Crippen molar-refractivity contribution in [3.8, 4) is 5.75 Å². The number of para-hydroxylation sites is 1. The first-order valence-corrected chi connectivity index (χ1v) is 9.96. The third-order valence-electron chi connectivity index (χ3n) is 4.83. The second-order valence-corrected chi connectivity index (χ2v) is 7.73. The minimum atomic E-state index is -1.16. The number of hydrogen-bond donors (Lipinski definition) is 3. The standard InChI is InChI=1S/C21H32O8/c1-12(2)14-6-5-7-15(13(3)4)20(14)29-21(25)27-9-8-26-18-10-16(23)19(24)17(11-22)28-18/h5-7,12-13,16-19,22-24H,8-11H2,1-4H3/t16-,17-,18+,19+/m1/s1. The minimum absolute atomic E-state index is 0.0175. The average Bonchev–Trinajstić information content (AvgIpc) is 2.67. The van der Waals surface area contributed by atoms with Gasteiger partial charge in [0.15, 0.2) is 6.29 Å². The van der Waals surface area contributed by atoms with Crippen LogP contribution in [-0.2, 0) is 14.2 Å². The molecular formula is C21H32O8. The smallest absolute Gasteiger partial charge is 0.432 e. The summed E-state index contributed by atoms with van der Waals surface area (Å²) >= 11 is 0. The number of ether oxygens (including phenoxy) is 4. The van der Waals surface area contributed by atoms with E-state index >= 15 is 0 Å². The third-order valence-corrected chi connectivity index (χ3v) is 4.83. The van der Waals surface area contributed by atoms with Gasteiger partial charge in [-0.3, -0.25) is 0 Å². The maximum absolute atomic E-state index is 12.2. The van der Waals surface area contributed by atoms with E-state index in [1.54, 1.807) is 0 Å². The zero-order valence-electron chi connectivity index (χ0n) is 17.4. The molecule has 8 nitrogen and oxygen atoms in total. The van der Waals surface area contributed by atoms with Crippen LogP contribution in [0, 0.1) is 0 Å². The van der Waals surface area contributed by atoms with E-state index in [9.17, 15) is 15.0 Å². The van der Waals surface area contributed by atoms with Crippen LogP contribution in [0.1, 0.15) is 57.1 Å². The summed E-state index contributed by atoms with van der Waals surface area (Å²) in [5.74, 6) is 0.899. The molecule has 2 rings (SSSR count). The van der Waals surface area contributed by atoms with E-state index in [-0.39, 0.29) is 31.5 Å². The van der Waals surface area contributed by atoms with E-state index in [0.29, 0.717) is 5.75 Å². The molecule has 3 N–H and O–H groups in total. The first-order chi connectivity index (χ1) is 13.7. The number of hydrogen-bond acceptors (Lipinski definition) is 8. The lowest BCUT2D eigenvalue weighted by molar-refractivity contribution is -0.258. The fourth-order valence-corrected chi connectivity index (χ4v) is 3.19. The predicted molar refractivity (Wildman–Crippen MR) is 105 cm³/mol. The van der Waals surface area contributed by atoms with Crippen molar-refractivity contribution in [2.75, 3.05) is 19.8 Å². The Hall–Kier alpha value is -1.71. The summed E-state index contributed by atoms with van der Waals surface area (Å²) in [5.41, 5.74) is 1.87. The Kier molecular flexibility index (Phi) is 8.85. The van der Waals surface area contributed by atoms with Crippen molar-refractivity contribution in [2.45, 2.75) is 70.6 Å². The van der Waals surface area contributed by atoms with Crippen LogP contribution in [0.5, 0.6) is 5.75 Å². The van der Waals surface area contributed by atoms with Crippen LogP contribution in [0.3, 0.4) is 0 Å². The van der Waals surface area contributed by atoms with Gasteiger partial charge in [-0.1, -0.05) is 45.9 Å². The monoisotopic (exact) mass is 412 g/mol. The first kappa shape index (κ1) is 23.6. The molecule has 0 aliphatic carbocycles. The molecule has 0 saturated carbocycles. The van der Waals surface area contributed by atoms with Crippen molar-refractivity contribution in [3.05, 3.63) is 29.3 Å². The van der Waals surface area contributed by atoms with Gasteiger partial charge in [0.2, 0.25) is 0 Å². The number of rotatable bonds is 8. The molecule has 0 aromatic heterocycles. The molecule has 164 valence electrons. The second kappa shape index (κ2) is 10.9. The van der Waals surface area contributed by atoms with E-state index in [0.717, 1.165) is 11.1 Å². The van der Waals surface area contributed by atoms with Gasteiger partial charge < -0.3 is 34.3 Å². The number of carbonyl (C=O) groups excluding carboxylic acids is 1. The van der Waals surface area contributed by atoms with Gasteiger partial charge in [-0.15, -0.1) is 0 Å². The summed E-state index contributed by atoms with van der Waals surface area (Å²) < 4.78 is 21.4. The summed E-state index contributed by atoms with van der Waals surface area (Å²) in [7, 11) is 0. The zero-order chi connectivity index (χ0) is 21.6. The SMILES string of the molecule is CC(C)c1cccc(C(C)C)c1OC(=O)OCCO[C@@H]1C[C@@H](O)[C@H](O)[C@@H](CO)O1. The highest BCUT2D eigenvalue weighted by atomic mass is 16.7. The quantitative estimate of drug-likeness (QED) is 0.338. The van der Waals surface area contributed by atoms with Crippen molar-refractivity contribution in [1.82, 2.24) is 0 Å². The van der Waals surface area contributed by atoms with Crippen molar-refractivity contribution >= 4 is 6.16 Å². The largest absolute Gasteiger partial charge is 0.513 e. The highest BCUT2D eigenvalue weighted by Crippen LogP contribution is 2.34. The third kappa shape index (κ3) is 6.38. The highest BCUT2D eigenvalue weighted by molar-refractivity contribution is 5.66. The van der Waals surface area contributed by atoms with Gasteiger partial charge in [-0.05, 0) is 23.0 Å². The van der Waals surface area contributed by atoms with Crippen LogP contribution in [0.15, 0.2) is 18.2 Å². The minimum Gasteiger partial charge on any atom is -0.432 e. The molecule has 0 radical (unpaired) electrons. The molecule has 4 atom stereocenters. The van der Waals surface area contributed by atoms with Crippen LogP contribution < -0.4 is 4.74 Å². The first-order valence-electron chi connectivity index (χ1n) is 9.96. The van der Waals surface area contributed by atoms with E-state index in [2.05, 4.69) is 0 Å². The van der Waals surface area contributed by atoms with Crippen LogP contribution in [0.2, 0.25) is 0 Å². The van der Waals surface area contributed by atoms with Gasteiger partial charge >= 0.3 is 6.16 Å². The Morgan fingerprint density at radius 3 is 2.31 bits per heavy atom. The van der Waals surface area contributed by atoms with Gasteiger partial charge in [0.05, 0.1) is 19.3 Å². The van der Waals surface area contributed by atoms with Gasteiger partial charge in [0.25, 0.3) is 0 Å². The van der Waals surface area contributed by atoms with E-state index in [4.69, 9.17) is 24.1 Å². The molecule has 1 aliphatic heterocycles. The van der Waals surface area contributed by atoms with Crippen LogP contribution in [-0.4, -0.2) is 65.9 Å². The molecule has 0 unspecified atom stereocenters. The number of benzene rings is 1. The van der Waals surface area contributed by atoms with Crippen molar-refractivity contribution in [3.63, 3.8) is 0 Å². The summed E-state index contributed by atoms with van der Waals surface area (Å²) in [6.45, 7) is 7.63. The Morgan fingerprint density at radius 2 is 1.76 bits per heavy atom. The summed E-state index contributed by atoms with van der Waals surface area (Å²) in [4.78, 5) is 12.2. The molecule has 1 fully saturated rings. The summed E-state index contributed by atoms with van der Waals surface area (Å²) in [6.07, 6.45) is -4.71. The maximum atomic E-state index is 12.2. The Balaban J connectivity index is 1.85. The summed E-state index contributed by atoms with van der Waals surface area (Å²) in [5, 5.41) is 28.6. The summed E-state index contributed by atoms with van der Waals surface area (Å²) in [6, 6.07) is 5.81. The van der Waals surface area contributed by atoms with Crippen LogP contribution in [0.4, 0.5) is 4.79 Å². The van der Waals surface area contributed by atoms with Crippen molar-refractivity contribution in [2.24, 2.45) is 0 Å². The molecule has 0 spiro atoms. The molecule has 1 aromatic carbocycles. The molecular weight excluding hydrogens is 380 g/mol. The number of aliphatic hydroxyl groups is 3. The highest BCUT2D eigenvalue weighted by Gasteiger charge is 2.36. The molecule has 0 bridgehead atoms. The van der Waals surface area contributed by atoms with E-state index < -0.39 is 37.4 Å². The van der Waals surface area contributed by atoms with Gasteiger partial charge in [0.1, 0.15) is 24.6 Å². The molecule has 0 amide bonds. The Bertz CT molecular complexity index is 634. The lowest BCUT2D eigenvalue weighted by Gasteiger charge is -2.35. The van der Waals surface area contributed by atoms with E-state index in [1.165, 1.54) is 0 Å². The number of aliphatic hydroxyl groups excluding tert-OH is 3. The predicted octanol–water partition coefficient (Wildman–Crippen LogP) is 2.29. The fourth-order valence-electron chi connectivity index (χ4n) is 3.19. The van der Waals surface area contributed by atoms with Gasteiger partial charge in [0, 0.05) is 6.42 Å². The Labute approximate surface area is 171 Å². The van der Waals surface area contributed by atoms with Crippen molar-refractivity contribution in [1.29, 1.82) is 0 Å². The van der Waals surface area contributed by atoms with Crippen LogP contribution >= 0.6 is 0 Å². The van der Waals surface area contributed by atoms with Gasteiger partial charge in [-0.2, -0.15) is 0 Å². The van der Waals surface area contributed by atoms with E-state index in [1.807, 2.05) is 45.9 Å². The van der Waals surface area contributed by atoms with Crippen molar-refractivity contribution < 1.29 is 39.1 Å². The van der Waals surface area contributed by atoms with Crippen LogP contribution in [0.25, 0.3) is 0 Å². The molecule has 29 heavy (non-hydrogen) atoms. The lowest BCUT2D eigenvalue weighted by atomic mass is 9.94. The lowest BCUT2D eigenvalue weighted by Crippen LogP contribution is -2.50. The molecule has 1 saturated heterocycles. The maximum Gasteiger partial charge on any atom is 0.513 e. The zero-order valence-corrected chi connectivity index (χ0v) is 17.4. The molecule has 1 aromatic rings. The Morgan fingerprint density at radius 1 is 1.14 bits per heavy atom. The molecule has 1 aliphatic rings. The molecule has 8 heteroatoms. The number of carbonyl (C=O) groups is 1. The molecule has 1 heterocycles. The normalized spacial score (nSPS) is 24.7. The second-order valence-electron chi connectivity index (χ2n) is 7.73. The fraction of sp³-hybridized carbons (Fsp3) is 0.667. The average molecular weight is 412 g/mol.